The summed E-state index contributed by atoms with van der Waals surface area (Å²) in [6, 6.07) is -0.106. The van der Waals surface area contributed by atoms with Gasteiger partial charge in [0, 0.05) is 25.7 Å². The Morgan fingerprint density at radius 1 is 1.57 bits per heavy atom. The molecule has 1 heterocycles. The fourth-order valence-corrected chi connectivity index (χ4v) is 1.68. The lowest BCUT2D eigenvalue weighted by Gasteiger charge is -2.25. The molecule has 0 saturated carbocycles. The summed E-state index contributed by atoms with van der Waals surface area (Å²) in [6.45, 7) is 3.88. The molecule has 0 aliphatic heterocycles. The summed E-state index contributed by atoms with van der Waals surface area (Å²) in [5.41, 5.74) is -0.407. The standard InChI is InChI=1S/C9H15N3OS/c1-9(2,7-10-5-6-14-7)11-8(13)12(3)4/h5-6H,1-4H3,(H,11,13). The molecule has 0 radical (unpaired) electrons. The van der Waals surface area contributed by atoms with Crippen molar-refractivity contribution in [3.8, 4) is 0 Å². The van der Waals surface area contributed by atoms with Crippen molar-refractivity contribution in [3.63, 3.8) is 0 Å². The van der Waals surface area contributed by atoms with Crippen LogP contribution in [-0.2, 0) is 5.54 Å². The number of aromatic nitrogens is 1. The molecule has 1 aromatic heterocycles. The third-order valence-corrected chi connectivity index (χ3v) is 2.89. The van der Waals surface area contributed by atoms with Crippen LogP contribution in [0.25, 0.3) is 0 Å². The molecule has 0 unspecified atom stereocenters. The van der Waals surface area contributed by atoms with Crippen molar-refractivity contribution in [2.24, 2.45) is 0 Å². The zero-order chi connectivity index (χ0) is 10.8. The van der Waals surface area contributed by atoms with Crippen LogP contribution in [0.15, 0.2) is 11.6 Å². The minimum Gasteiger partial charge on any atom is -0.331 e. The summed E-state index contributed by atoms with van der Waals surface area (Å²) in [6.07, 6.45) is 1.74. The van der Waals surface area contributed by atoms with Crippen LogP contribution in [0.1, 0.15) is 18.9 Å². The van der Waals surface area contributed by atoms with Crippen LogP contribution >= 0.6 is 11.3 Å². The number of hydrogen-bond donors (Lipinski definition) is 1. The molecule has 0 aliphatic rings. The van der Waals surface area contributed by atoms with Crippen LogP contribution in [0.4, 0.5) is 4.79 Å². The van der Waals surface area contributed by atoms with Crippen molar-refractivity contribution in [2.75, 3.05) is 14.1 Å². The number of carbonyl (C=O) groups excluding carboxylic acids is 1. The highest BCUT2D eigenvalue weighted by Gasteiger charge is 2.25. The number of hydrogen-bond acceptors (Lipinski definition) is 3. The maximum atomic E-state index is 11.4. The van der Waals surface area contributed by atoms with Gasteiger partial charge in [-0.15, -0.1) is 11.3 Å². The van der Waals surface area contributed by atoms with Crippen molar-refractivity contribution in [3.05, 3.63) is 16.6 Å². The molecule has 1 rings (SSSR count). The molecule has 0 saturated heterocycles. The van der Waals surface area contributed by atoms with E-state index >= 15 is 0 Å². The molecule has 0 atom stereocenters. The van der Waals surface area contributed by atoms with Crippen LogP contribution in [0, 0.1) is 0 Å². The normalized spacial score (nSPS) is 11.1. The summed E-state index contributed by atoms with van der Waals surface area (Å²) in [5, 5.41) is 5.70. The lowest BCUT2D eigenvalue weighted by molar-refractivity contribution is 0.205. The highest BCUT2D eigenvalue weighted by molar-refractivity contribution is 7.09. The maximum absolute atomic E-state index is 11.4. The molecule has 2 amide bonds. The summed E-state index contributed by atoms with van der Waals surface area (Å²) in [4.78, 5) is 17.1. The minimum absolute atomic E-state index is 0.106. The molecule has 0 spiro atoms. The van der Waals surface area contributed by atoms with E-state index in [4.69, 9.17) is 0 Å². The number of nitrogens with zero attached hydrogens (tertiary/aromatic N) is 2. The van der Waals surface area contributed by atoms with Crippen LogP contribution in [0.2, 0.25) is 0 Å². The Kier molecular flexibility index (Phi) is 3.10. The Hall–Kier alpha value is -1.10. The van der Waals surface area contributed by atoms with E-state index in [-0.39, 0.29) is 6.03 Å². The van der Waals surface area contributed by atoms with E-state index in [0.717, 1.165) is 5.01 Å². The van der Waals surface area contributed by atoms with Crippen molar-refractivity contribution in [2.45, 2.75) is 19.4 Å². The summed E-state index contributed by atoms with van der Waals surface area (Å²) in [5.74, 6) is 0. The monoisotopic (exact) mass is 213 g/mol. The van der Waals surface area contributed by atoms with Gasteiger partial charge < -0.3 is 10.2 Å². The SMILES string of the molecule is CN(C)C(=O)NC(C)(C)c1nccs1. The lowest BCUT2D eigenvalue weighted by atomic mass is 10.1. The molecule has 14 heavy (non-hydrogen) atoms. The molecule has 0 bridgehead atoms. The van der Waals surface area contributed by atoms with Crippen LogP contribution in [0.5, 0.6) is 0 Å². The van der Waals surface area contributed by atoms with Gasteiger partial charge in [0.05, 0.1) is 5.54 Å². The van der Waals surface area contributed by atoms with Gasteiger partial charge in [0.25, 0.3) is 0 Å². The number of carbonyl (C=O) groups is 1. The first-order chi connectivity index (χ1) is 6.43. The summed E-state index contributed by atoms with van der Waals surface area (Å²) < 4.78 is 0. The second-order valence-corrected chi connectivity index (χ2v) is 4.68. The van der Waals surface area contributed by atoms with E-state index in [2.05, 4.69) is 10.3 Å². The first-order valence-electron chi connectivity index (χ1n) is 4.33. The van der Waals surface area contributed by atoms with E-state index < -0.39 is 5.54 Å². The number of thiazole rings is 1. The zero-order valence-electron chi connectivity index (χ0n) is 8.87. The largest absolute Gasteiger partial charge is 0.331 e. The van der Waals surface area contributed by atoms with Crippen molar-refractivity contribution >= 4 is 17.4 Å². The number of amides is 2. The maximum Gasteiger partial charge on any atom is 0.317 e. The van der Waals surface area contributed by atoms with E-state index in [0.29, 0.717) is 0 Å². The smallest absolute Gasteiger partial charge is 0.317 e. The van der Waals surface area contributed by atoms with Gasteiger partial charge in [-0.2, -0.15) is 0 Å². The first kappa shape index (κ1) is 11.0. The van der Waals surface area contributed by atoms with Gasteiger partial charge in [-0.1, -0.05) is 0 Å². The third kappa shape index (κ3) is 2.45. The molecule has 0 fully saturated rings. The van der Waals surface area contributed by atoms with Crippen molar-refractivity contribution < 1.29 is 4.79 Å². The molecule has 1 N–H and O–H groups in total. The Morgan fingerprint density at radius 2 is 2.21 bits per heavy atom. The minimum atomic E-state index is -0.407. The molecule has 4 nitrogen and oxygen atoms in total. The molecular weight excluding hydrogens is 198 g/mol. The molecular formula is C9H15N3OS. The number of rotatable bonds is 2. The first-order valence-corrected chi connectivity index (χ1v) is 5.21. The van der Waals surface area contributed by atoms with E-state index in [1.807, 2.05) is 19.2 Å². The number of urea groups is 1. The Balaban J connectivity index is 2.72. The third-order valence-electron chi connectivity index (χ3n) is 1.79. The average molecular weight is 213 g/mol. The molecule has 0 aliphatic carbocycles. The van der Waals surface area contributed by atoms with Gasteiger partial charge in [-0.3, -0.25) is 0 Å². The topological polar surface area (TPSA) is 45.2 Å². The zero-order valence-corrected chi connectivity index (χ0v) is 9.68. The van der Waals surface area contributed by atoms with Gasteiger partial charge in [-0.25, -0.2) is 9.78 Å². The second kappa shape index (κ2) is 3.96. The molecule has 0 aromatic carbocycles. The molecule has 1 aromatic rings. The second-order valence-electron chi connectivity index (χ2n) is 3.79. The Bertz CT molecular complexity index is 306. The predicted octanol–water partition coefficient (Wildman–Crippen LogP) is 1.65. The van der Waals surface area contributed by atoms with Crippen molar-refractivity contribution in [1.29, 1.82) is 0 Å². The Labute approximate surface area is 88.0 Å². The number of nitrogens with one attached hydrogen (secondary N) is 1. The molecule has 78 valence electrons. The fourth-order valence-electron chi connectivity index (χ4n) is 0.965. The van der Waals surface area contributed by atoms with Crippen LogP contribution < -0.4 is 5.32 Å². The van der Waals surface area contributed by atoms with Gasteiger partial charge in [0.1, 0.15) is 5.01 Å². The summed E-state index contributed by atoms with van der Waals surface area (Å²) >= 11 is 1.54. The van der Waals surface area contributed by atoms with Gasteiger partial charge >= 0.3 is 6.03 Å². The van der Waals surface area contributed by atoms with E-state index in [9.17, 15) is 4.79 Å². The van der Waals surface area contributed by atoms with Gasteiger partial charge in [0.15, 0.2) is 0 Å². The van der Waals surface area contributed by atoms with Crippen LogP contribution in [0.3, 0.4) is 0 Å². The van der Waals surface area contributed by atoms with E-state index in [1.165, 1.54) is 16.2 Å². The average Bonchev–Trinajstić information content (AvgIpc) is 2.54. The highest BCUT2D eigenvalue weighted by atomic mass is 32.1. The van der Waals surface area contributed by atoms with Gasteiger partial charge in [-0.05, 0) is 13.8 Å². The molecule has 5 heteroatoms. The van der Waals surface area contributed by atoms with Crippen molar-refractivity contribution in [1.82, 2.24) is 15.2 Å². The quantitative estimate of drug-likeness (QED) is 0.812. The van der Waals surface area contributed by atoms with Crippen LogP contribution in [-0.4, -0.2) is 30.0 Å². The Morgan fingerprint density at radius 3 is 2.64 bits per heavy atom. The fraction of sp³-hybridized carbons (Fsp3) is 0.556. The van der Waals surface area contributed by atoms with E-state index in [1.54, 1.807) is 20.3 Å². The van der Waals surface area contributed by atoms with Gasteiger partial charge in [0.2, 0.25) is 0 Å². The summed E-state index contributed by atoms with van der Waals surface area (Å²) in [7, 11) is 3.43. The predicted molar refractivity (Wildman–Crippen MR) is 57.4 cm³/mol. The highest BCUT2D eigenvalue weighted by Crippen LogP contribution is 2.21. The lowest BCUT2D eigenvalue weighted by Crippen LogP contribution is -2.45.